The Morgan fingerprint density at radius 1 is 1.47 bits per heavy atom. The number of rotatable bonds is 4. The van der Waals surface area contributed by atoms with Crippen molar-refractivity contribution >= 4 is 5.97 Å². The Bertz CT molecular complexity index is 350. The standard InChI is InChI=1S/C11H13FO3/c1-3-14-11(13)7-9-5-4-8(2)6-10(9)15-12/h4-6H,3,7H2,1-2H3. The van der Waals surface area contributed by atoms with Gasteiger partial charge in [0.05, 0.1) is 13.0 Å². The van der Waals surface area contributed by atoms with Crippen molar-refractivity contribution in [1.82, 2.24) is 0 Å². The van der Waals surface area contributed by atoms with Gasteiger partial charge in [0.25, 0.3) is 0 Å². The lowest BCUT2D eigenvalue weighted by Gasteiger charge is -2.05. The maximum Gasteiger partial charge on any atom is 0.310 e. The van der Waals surface area contributed by atoms with E-state index in [1.165, 1.54) is 6.07 Å². The molecule has 0 aliphatic rings. The molecule has 0 fully saturated rings. The molecule has 0 aliphatic carbocycles. The predicted molar refractivity (Wildman–Crippen MR) is 53.3 cm³/mol. The van der Waals surface area contributed by atoms with E-state index in [1.54, 1.807) is 19.1 Å². The number of carbonyl (C=O) groups is 1. The topological polar surface area (TPSA) is 35.5 Å². The Morgan fingerprint density at radius 2 is 2.20 bits per heavy atom. The number of hydrogen-bond acceptors (Lipinski definition) is 3. The van der Waals surface area contributed by atoms with Crippen LogP contribution >= 0.6 is 0 Å². The molecule has 0 spiro atoms. The van der Waals surface area contributed by atoms with Crippen molar-refractivity contribution in [1.29, 1.82) is 0 Å². The van der Waals surface area contributed by atoms with E-state index in [-0.39, 0.29) is 18.1 Å². The summed E-state index contributed by atoms with van der Waals surface area (Å²) < 4.78 is 16.9. The second-order valence-electron chi connectivity index (χ2n) is 3.17. The van der Waals surface area contributed by atoms with Crippen LogP contribution in [0.25, 0.3) is 0 Å². The first kappa shape index (κ1) is 11.5. The van der Waals surface area contributed by atoms with E-state index in [1.807, 2.05) is 6.92 Å². The Morgan fingerprint density at radius 3 is 2.80 bits per heavy atom. The van der Waals surface area contributed by atoms with Crippen LogP contribution in [-0.4, -0.2) is 12.6 Å². The highest BCUT2D eigenvalue weighted by Gasteiger charge is 2.10. The Hall–Kier alpha value is -1.58. The van der Waals surface area contributed by atoms with E-state index in [0.717, 1.165) is 5.56 Å². The van der Waals surface area contributed by atoms with Gasteiger partial charge in [-0.1, -0.05) is 12.1 Å². The summed E-state index contributed by atoms with van der Waals surface area (Å²) in [5.74, 6) is -0.317. The largest absolute Gasteiger partial charge is 0.466 e. The van der Waals surface area contributed by atoms with Crippen molar-refractivity contribution in [2.75, 3.05) is 6.61 Å². The summed E-state index contributed by atoms with van der Waals surface area (Å²) >= 11 is 0. The predicted octanol–water partition coefficient (Wildman–Crippen LogP) is 2.36. The molecule has 0 heterocycles. The lowest BCUT2D eigenvalue weighted by molar-refractivity contribution is -0.142. The summed E-state index contributed by atoms with van der Waals surface area (Å²) in [4.78, 5) is 14.9. The van der Waals surface area contributed by atoms with Crippen LogP contribution in [0.2, 0.25) is 0 Å². The van der Waals surface area contributed by atoms with Gasteiger partial charge < -0.3 is 4.74 Å². The summed E-state index contributed by atoms with van der Waals surface area (Å²) in [6.07, 6.45) is 0.0212. The highest BCUT2D eigenvalue weighted by Crippen LogP contribution is 2.21. The summed E-state index contributed by atoms with van der Waals surface area (Å²) in [5.41, 5.74) is 1.36. The zero-order valence-electron chi connectivity index (χ0n) is 8.75. The average molecular weight is 212 g/mol. The van der Waals surface area contributed by atoms with E-state index in [9.17, 15) is 9.32 Å². The van der Waals surface area contributed by atoms with Gasteiger partial charge in [0.15, 0.2) is 5.75 Å². The summed E-state index contributed by atoms with van der Waals surface area (Å²) in [6, 6.07) is 4.98. The van der Waals surface area contributed by atoms with Crippen LogP contribution in [0.3, 0.4) is 0 Å². The monoisotopic (exact) mass is 212 g/mol. The minimum absolute atomic E-state index is 0.0212. The minimum atomic E-state index is -0.389. The normalized spacial score (nSPS) is 9.80. The van der Waals surface area contributed by atoms with Gasteiger partial charge >= 0.3 is 5.97 Å². The van der Waals surface area contributed by atoms with Crippen LogP contribution in [-0.2, 0) is 16.0 Å². The van der Waals surface area contributed by atoms with E-state index < -0.39 is 0 Å². The first-order chi connectivity index (χ1) is 7.17. The van der Waals surface area contributed by atoms with Crippen LogP contribution in [0.15, 0.2) is 18.2 Å². The van der Waals surface area contributed by atoms with Gasteiger partial charge in [-0.2, -0.15) is 0 Å². The van der Waals surface area contributed by atoms with E-state index in [2.05, 4.69) is 4.94 Å². The van der Waals surface area contributed by atoms with E-state index >= 15 is 0 Å². The molecule has 1 aromatic carbocycles. The smallest absolute Gasteiger partial charge is 0.310 e. The van der Waals surface area contributed by atoms with Gasteiger partial charge in [-0.15, -0.1) is 0 Å². The number of carbonyl (C=O) groups excluding carboxylic acids is 1. The van der Waals surface area contributed by atoms with Crippen molar-refractivity contribution in [2.45, 2.75) is 20.3 Å². The molecule has 0 N–H and O–H groups in total. The number of aryl methyl sites for hydroxylation is 1. The van der Waals surface area contributed by atoms with Crippen LogP contribution in [0.5, 0.6) is 5.75 Å². The van der Waals surface area contributed by atoms with Gasteiger partial charge in [-0.25, -0.2) is 0 Å². The molecule has 1 rings (SSSR count). The molecule has 0 unspecified atom stereocenters. The Labute approximate surface area is 87.7 Å². The highest BCUT2D eigenvalue weighted by molar-refractivity contribution is 5.73. The fraction of sp³-hybridized carbons (Fsp3) is 0.364. The molecule has 0 saturated carbocycles. The molecular formula is C11H13FO3. The van der Waals surface area contributed by atoms with Crippen LogP contribution in [0.4, 0.5) is 4.53 Å². The van der Waals surface area contributed by atoms with Crippen LogP contribution in [0.1, 0.15) is 18.1 Å². The number of hydrogen-bond donors (Lipinski definition) is 0. The summed E-state index contributed by atoms with van der Waals surface area (Å²) in [7, 11) is 0. The first-order valence-corrected chi connectivity index (χ1v) is 4.71. The van der Waals surface area contributed by atoms with Crippen LogP contribution < -0.4 is 4.94 Å². The van der Waals surface area contributed by atoms with Gasteiger partial charge in [-0.05, 0) is 25.5 Å². The molecule has 15 heavy (non-hydrogen) atoms. The molecule has 3 nitrogen and oxygen atoms in total. The third kappa shape index (κ3) is 3.23. The van der Waals surface area contributed by atoms with Crippen molar-refractivity contribution in [2.24, 2.45) is 0 Å². The fourth-order valence-corrected chi connectivity index (χ4v) is 1.25. The molecule has 4 heteroatoms. The van der Waals surface area contributed by atoms with Gasteiger partial charge in [-0.3, -0.25) is 9.74 Å². The van der Waals surface area contributed by atoms with Crippen molar-refractivity contribution in [3.05, 3.63) is 29.3 Å². The lowest BCUT2D eigenvalue weighted by Crippen LogP contribution is -2.08. The first-order valence-electron chi connectivity index (χ1n) is 4.71. The molecule has 0 atom stereocenters. The van der Waals surface area contributed by atoms with E-state index in [0.29, 0.717) is 12.2 Å². The van der Waals surface area contributed by atoms with Crippen molar-refractivity contribution in [3.63, 3.8) is 0 Å². The quantitative estimate of drug-likeness (QED) is 0.719. The zero-order valence-corrected chi connectivity index (χ0v) is 8.75. The van der Waals surface area contributed by atoms with Crippen molar-refractivity contribution in [3.8, 4) is 5.75 Å². The van der Waals surface area contributed by atoms with Gasteiger partial charge in [0, 0.05) is 10.1 Å². The van der Waals surface area contributed by atoms with Crippen LogP contribution in [0, 0.1) is 6.92 Å². The molecule has 0 saturated heterocycles. The number of halogens is 1. The minimum Gasteiger partial charge on any atom is -0.466 e. The average Bonchev–Trinajstić information content (AvgIpc) is 2.21. The third-order valence-corrected chi connectivity index (χ3v) is 1.95. The van der Waals surface area contributed by atoms with Gasteiger partial charge in [0.2, 0.25) is 0 Å². The zero-order chi connectivity index (χ0) is 11.3. The fourth-order valence-electron chi connectivity index (χ4n) is 1.25. The van der Waals surface area contributed by atoms with Crippen molar-refractivity contribution < 1.29 is 19.0 Å². The lowest BCUT2D eigenvalue weighted by atomic mass is 10.1. The third-order valence-electron chi connectivity index (χ3n) is 1.95. The molecule has 0 radical (unpaired) electrons. The molecule has 1 aromatic rings. The summed E-state index contributed by atoms with van der Waals surface area (Å²) in [6.45, 7) is 3.85. The second-order valence-corrected chi connectivity index (χ2v) is 3.17. The molecular weight excluding hydrogens is 199 g/mol. The molecule has 0 aromatic heterocycles. The highest BCUT2D eigenvalue weighted by atomic mass is 19.3. The summed E-state index contributed by atoms with van der Waals surface area (Å²) in [5, 5.41) is 0. The SMILES string of the molecule is CCOC(=O)Cc1ccc(C)cc1OF. The molecule has 0 aliphatic heterocycles. The molecule has 0 bridgehead atoms. The second kappa shape index (κ2) is 5.34. The molecule has 82 valence electrons. The maximum absolute atomic E-state index is 12.2. The number of ether oxygens (including phenoxy) is 1. The Kier molecular flexibility index (Phi) is 4.09. The Balaban J connectivity index is 2.80. The number of esters is 1. The number of benzene rings is 1. The van der Waals surface area contributed by atoms with E-state index in [4.69, 9.17) is 4.74 Å². The maximum atomic E-state index is 12.2. The molecule has 0 amide bonds. The van der Waals surface area contributed by atoms with Gasteiger partial charge in [0.1, 0.15) is 0 Å².